The highest BCUT2D eigenvalue weighted by atomic mass is 31.1. The summed E-state index contributed by atoms with van der Waals surface area (Å²) in [4.78, 5) is 0. The number of benzene rings is 3. The first kappa shape index (κ1) is 19.5. The maximum Gasteiger partial charge on any atom is 0.128 e. The summed E-state index contributed by atoms with van der Waals surface area (Å²) < 4.78 is 12.2. The molecule has 0 aliphatic heterocycles. The Morgan fingerprint density at radius 3 is 1.63 bits per heavy atom. The monoisotopic (exact) mass is 378 g/mol. The number of hydrogen-bond donors (Lipinski definition) is 0. The van der Waals surface area contributed by atoms with Gasteiger partial charge in [-0.3, -0.25) is 0 Å². The maximum atomic E-state index is 6.19. The standard InChI is InChI=1S/C24H27O2P/c1-18(2)25-20-15-16-23(26-19(3)4)24(17-20)27(21-11-7-5-8-12-21)22-13-9-6-10-14-22/h5-19H,1-4H3. The fraction of sp³-hybridized carbons (Fsp3) is 0.250. The van der Waals surface area contributed by atoms with E-state index < -0.39 is 7.92 Å². The Labute approximate surface area is 163 Å². The van der Waals surface area contributed by atoms with E-state index in [0.717, 1.165) is 11.5 Å². The first-order chi connectivity index (χ1) is 13.0. The van der Waals surface area contributed by atoms with E-state index in [1.165, 1.54) is 15.9 Å². The highest BCUT2D eigenvalue weighted by molar-refractivity contribution is 7.80. The summed E-state index contributed by atoms with van der Waals surface area (Å²) in [6, 6.07) is 27.6. The lowest BCUT2D eigenvalue weighted by Gasteiger charge is -2.24. The fourth-order valence-electron chi connectivity index (χ4n) is 2.95. The quantitative estimate of drug-likeness (QED) is 0.538. The van der Waals surface area contributed by atoms with Gasteiger partial charge in [0.15, 0.2) is 0 Å². The van der Waals surface area contributed by atoms with Gasteiger partial charge in [-0.2, -0.15) is 0 Å². The average Bonchev–Trinajstić information content (AvgIpc) is 2.65. The summed E-state index contributed by atoms with van der Waals surface area (Å²) in [7, 11) is -0.744. The van der Waals surface area contributed by atoms with E-state index in [4.69, 9.17) is 9.47 Å². The van der Waals surface area contributed by atoms with E-state index in [1.54, 1.807) is 0 Å². The van der Waals surface area contributed by atoms with Crippen molar-refractivity contribution in [1.29, 1.82) is 0 Å². The molecule has 27 heavy (non-hydrogen) atoms. The number of rotatable bonds is 7. The molecule has 0 aliphatic rings. The minimum Gasteiger partial charge on any atom is -0.491 e. The van der Waals surface area contributed by atoms with E-state index in [2.05, 4.69) is 94.4 Å². The minimum absolute atomic E-state index is 0.115. The van der Waals surface area contributed by atoms with Gasteiger partial charge in [-0.05, 0) is 64.4 Å². The van der Waals surface area contributed by atoms with Crippen molar-refractivity contribution in [2.24, 2.45) is 0 Å². The molecule has 0 atom stereocenters. The SMILES string of the molecule is CC(C)Oc1ccc(OC(C)C)c(P(c2ccccc2)c2ccccc2)c1. The van der Waals surface area contributed by atoms with Gasteiger partial charge < -0.3 is 9.47 Å². The molecule has 2 nitrogen and oxygen atoms in total. The molecule has 3 heteroatoms. The summed E-state index contributed by atoms with van der Waals surface area (Å²) in [6.07, 6.45) is 0.249. The summed E-state index contributed by atoms with van der Waals surface area (Å²) >= 11 is 0. The predicted molar refractivity (Wildman–Crippen MR) is 117 cm³/mol. The first-order valence-corrected chi connectivity index (χ1v) is 10.8. The van der Waals surface area contributed by atoms with Gasteiger partial charge in [-0.15, -0.1) is 0 Å². The molecular weight excluding hydrogens is 351 g/mol. The summed E-state index contributed by atoms with van der Waals surface area (Å²) in [5.41, 5.74) is 0. The Morgan fingerprint density at radius 1 is 0.630 bits per heavy atom. The van der Waals surface area contributed by atoms with Crippen molar-refractivity contribution in [2.75, 3.05) is 0 Å². The molecule has 0 N–H and O–H groups in total. The van der Waals surface area contributed by atoms with Crippen molar-refractivity contribution in [3.8, 4) is 11.5 Å². The van der Waals surface area contributed by atoms with Crippen molar-refractivity contribution in [2.45, 2.75) is 39.9 Å². The van der Waals surface area contributed by atoms with Crippen LogP contribution in [0.5, 0.6) is 11.5 Å². The summed E-state index contributed by atoms with van der Waals surface area (Å²) in [5.74, 6) is 1.82. The minimum atomic E-state index is -0.744. The normalized spacial score (nSPS) is 11.2. The Morgan fingerprint density at radius 2 is 1.15 bits per heavy atom. The van der Waals surface area contributed by atoms with Crippen LogP contribution in [-0.4, -0.2) is 12.2 Å². The van der Waals surface area contributed by atoms with Crippen LogP contribution in [0.2, 0.25) is 0 Å². The number of hydrogen-bond acceptors (Lipinski definition) is 2. The van der Waals surface area contributed by atoms with Gasteiger partial charge in [0.2, 0.25) is 0 Å². The van der Waals surface area contributed by atoms with Crippen LogP contribution in [0, 0.1) is 0 Å². The van der Waals surface area contributed by atoms with Crippen LogP contribution in [0.25, 0.3) is 0 Å². The predicted octanol–water partition coefficient (Wildman–Crippen LogP) is 5.02. The van der Waals surface area contributed by atoms with Gasteiger partial charge in [-0.25, -0.2) is 0 Å². The molecule has 3 rings (SSSR count). The van der Waals surface area contributed by atoms with Gasteiger partial charge in [0, 0.05) is 5.30 Å². The molecule has 140 valence electrons. The number of ether oxygens (including phenoxy) is 2. The van der Waals surface area contributed by atoms with Crippen LogP contribution < -0.4 is 25.4 Å². The van der Waals surface area contributed by atoms with Crippen molar-refractivity contribution >= 4 is 23.8 Å². The van der Waals surface area contributed by atoms with Gasteiger partial charge in [0.05, 0.1) is 12.2 Å². The Bertz CT molecular complexity index is 805. The van der Waals surface area contributed by atoms with Gasteiger partial charge in [0.25, 0.3) is 0 Å². The molecule has 0 aromatic heterocycles. The van der Waals surface area contributed by atoms with E-state index in [9.17, 15) is 0 Å². The molecule has 0 saturated carbocycles. The van der Waals surface area contributed by atoms with Crippen molar-refractivity contribution in [3.63, 3.8) is 0 Å². The maximum absolute atomic E-state index is 6.19. The van der Waals surface area contributed by atoms with Gasteiger partial charge >= 0.3 is 0 Å². The van der Waals surface area contributed by atoms with E-state index in [0.29, 0.717) is 0 Å². The topological polar surface area (TPSA) is 18.5 Å². The third-order valence-corrected chi connectivity index (χ3v) is 6.39. The molecule has 0 radical (unpaired) electrons. The third-order valence-electron chi connectivity index (χ3n) is 3.93. The van der Waals surface area contributed by atoms with Crippen LogP contribution in [-0.2, 0) is 0 Å². The Hall–Kier alpha value is -2.31. The van der Waals surface area contributed by atoms with Gasteiger partial charge in [0.1, 0.15) is 11.5 Å². The van der Waals surface area contributed by atoms with Crippen LogP contribution >= 0.6 is 7.92 Å². The lowest BCUT2D eigenvalue weighted by molar-refractivity contribution is 0.236. The molecule has 0 spiro atoms. The molecule has 0 saturated heterocycles. The molecule has 0 fully saturated rings. The third kappa shape index (κ3) is 5.11. The summed E-state index contributed by atoms with van der Waals surface area (Å²) in [5, 5.41) is 3.79. The lowest BCUT2D eigenvalue weighted by Crippen LogP contribution is -2.24. The molecule has 3 aromatic carbocycles. The summed E-state index contributed by atoms with van der Waals surface area (Å²) in [6.45, 7) is 8.23. The Balaban J connectivity index is 2.17. The molecule has 0 bridgehead atoms. The highest BCUT2D eigenvalue weighted by Gasteiger charge is 2.22. The Kier molecular flexibility index (Phi) is 6.53. The smallest absolute Gasteiger partial charge is 0.128 e. The van der Waals surface area contributed by atoms with Crippen molar-refractivity contribution < 1.29 is 9.47 Å². The van der Waals surface area contributed by atoms with Crippen LogP contribution in [0.3, 0.4) is 0 Å². The lowest BCUT2D eigenvalue weighted by atomic mass is 10.3. The first-order valence-electron chi connectivity index (χ1n) is 9.42. The van der Waals surface area contributed by atoms with Crippen molar-refractivity contribution in [1.82, 2.24) is 0 Å². The van der Waals surface area contributed by atoms with Crippen molar-refractivity contribution in [3.05, 3.63) is 78.9 Å². The zero-order chi connectivity index (χ0) is 19.2. The molecule has 3 aromatic rings. The highest BCUT2D eigenvalue weighted by Crippen LogP contribution is 2.38. The zero-order valence-corrected chi connectivity index (χ0v) is 17.3. The van der Waals surface area contributed by atoms with E-state index in [-0.39, 0.29) is 12.2 Å². The second-order valence-corrected chi connectivity index (χ2v) is 9.15. The second-order valence-electron chi connectivity index (χ2n) is 6.97. The second kappa shape index (κ2) is 9.06. The van der Waals surface area contributed by atoms with Crippen LogP contribution in [0.4, 0.5) is 0 Å². The molecule has 0 aliphatic carbocycles. The molecular formula is C24H27O2P. The largest absolute Gasteiger partial charge is 0.491 e. The van der Waals surface area contributed by atoms with Gasteiger partial charge in [-0.1, -0.05) is 60.7 Å². The van der Waals surface area contributed by atoms with Crippen LogP contribution in [0.15, 0.2) is 78.9 Å². The van der Waals surface area contributed by atoms with E-state index >= 15 is 0 Å². The fourth-order valence-corrected chi connectivity index (χ4v) is 5.35. The average molecular weight is 378 g/mol. The molecule has 0 heterocycles. The molecule has 0 unspecified atom stereocenters. The molecule has 0 amide bonds. The zero-order valence-electron chi connectivity index (χ0n) is 16.4. The van der Waals surface area contributed by atoms with Crippen LogP contribution in [0.1, 0.15) is 27.7 Å². The van der Waals surface area contributed by atoms with E-state index in [1.807, 2.05) is 12.1 Å².